The van der Waals surface area contributed by atoms with E-state index >= 15 is 0 Å². The Morgan fingerprint density at radius 1 is 1.50 bits per heavy atom. The van der Waals surface area contributed by atoms with Crippen LogP contribution in [0.1, 0.15) is 41.5 Å². The number of aryl methyl sites for hydroxylation is 1. The van der Waals surface area contributed by atoms with E-state index in [1.54, 1.807) is 31.3 Å². The van der Waals surface area contributed by atoms with Gasteiger partial charge in [-0.1, -0.05) is 31.5 Å². The third-order valence-electron chi connectivity index (χ3n) is 3.04. The van der Waals surface area contributed by atoms with Crippen molar-refractivity contribution >= 4 is 24.4 Å². The molecule has 0 radical (unpaired) electrons. The molecule has 0 atom stereocenters. The average Bonchev–Trinajstić information content (AvgIpc) is 2.84. The molecule has 0 saturated heterocycles. The van der Waals surface area contributed by atoms with E-state index in [1.807, 2.05) is 13.0 Å². The normalized spacial score (nSPS) is 11.0. The Bertz CT molecular complexity index is 733. The van der Waals surface area contributed by atoms with Gasteiger partial charge in [0.15, 0.2) is 0 Å². The molecule has 1 aromatic carbocycles. The van der Waals surface area contributed by atoms with Crippen LogP contribution >= 0.6 is 12.2 Å². The fraction of sp³-hybridized carbons (Fsp3) is 0.333. The topological polar surface area (TPSA) is 72.3 Å². The van der Waals surface area contributed by atoms with Crippen LogP contribution in [-0.2, 0) is 4.74 Å². The second-order valence-electron chi connectivity index (χ2n) is 4.71. The van der Waals surface area contributed by atoms with Gasteiger partial charge in [-0.25, -0.2) is 4.79 Å². The molecule has 2 rings (SSSR count). The number of benzene rings is 1. The second-order valence-corrected chi connectivity index (χ2v) is 5.10. The maximum Gasteiger partial charge on any atom is 0.338 e. The molecule has 116 valence electrons. The summed E-state index contributed by atoms with van der Waals surface area (Å²) in [5.74, 6) is 0.298. The van der Waals surface area contributed by atoms with Gasteiger partial charge in [-0.05, 0) is 31.6 Å². The number of unbranched alkanes of at least 4 members (excludes halogenated alkanes) is 1. The van der Waals surface area contributed by atoms with E-state index in [2.05, 4.69) is 15.3 Å². The van der Waals surface area contributed by atoms with Crippen molar-refractivity contribution in [2.45, 2.75) is 26.7 Å². The van der Waals surface area contributed by atoms with Crippen LogP contribution in [0.4, 0.5) is 0 Å². The zero-order valence-corrected chi connectivity index (χ0v) is 13.4. The van der Waals surface area contributed by atoms with Gasteiger partial charge in [0, 0.05) is 5.56 Å². The standard InChI is InChI=1S/C15H18N4O2S/c1-3-4-9-21-14(20)13-8-6-5-7-12(13)10-16-19-11(2)17-18-15(19)22/h5-8,10H,3-4,9H2,1-2H3,(H,18,22)/b16-10-. The SMILES string of the molecule is CCCCOC(=O)c1ccccc1/C=N\n1c(C)n[nH]c1=S. The molecule has 7 heteroatoms. The summed E-state index contributed by atoms with van der Waals surface area (Å²) in [7, 11) is 0. The number of carbonyl (C=O) groups excluding carboxylic acids is 1. The Labute approximate surface area is 133 Å². The molecule has 1 heterocycles. The highest BCUT2D eigenvalue weighted by molar-refractivity contribution is 7.71. The predicted molar refractivity (Wildman–Crippen MR) is 86.8 cm³/mol. The summed E-state index contributed by atoms with van der Waals surface area (Å²) in [6.07, 6.45) is 3.41. The molecular weight excluding hydrogens is 300 g/mol. The summed E-state index contributed by atoms with van der Waals surface area (Å²) >= 11 is 5.08. The average molecular weight is 318 g/mol. The highest BCUT2D eigenvalue weighted by atomic mass is 32.1. The van der Waals surface area contributed by atoms with Crippen molar-refractivity contribution in [1.82, 2.24) is 14.9 Å². The highest BCUT2D eigenvalue weighted by Crippen LogP contribution is 2.09. The Hall–Kier alpha value is -2.28. The maximum absolute atomic E-state index is 12.1. The van der Waals surface area contributed by atoms with E-state index in [-0.39, 0.29) is 5.97 Å². The van der Waals surface area contributed by atoms with E-state index < -0.39 is 0 Å². The fourth-order valence-electron chi connectivity index (χ4n) is 1.81. The van der Waals surface area contributed by atoms with Crippen molar-refractivity contribution in [2.75, 3.05) is 6.61 Å². The monoisotopic (exact) mass is 318 g/mol. The number of ether oxygens (including phenoxy) is 1. The van der Waals surface area contributed by atoms with Crippen molar-refractivity contribution in [1.29, 1.82) is 0 Å². The molecule has 1 N–H and O–H groups in total. The summed E-state index contributed by atoms with van der Waals surface area (Å²) in [5, 5.41) is 10.9. The van der Waals surface area contributed by atoms with Gasteiger partial charge in [0.1, 0.15) is 5.82 Å². The van der Waals surface area contributed by atoms with Crippen molar-refractivity contribution in [3.8, 4) is 0 Å². The van der Waals surface area contributed by atoms with Gasteiger partial charge in [0.25, 0.3) is 0 Å². The lowest BCUT2D eigenvalue weighted by molar-refractivity contribution is 0.0499. The number of hydrogen-bond acceptors (Lipinski definition) is 5. The maximum atomic E-state index is 12.1. The van der Waals surface area contributed by atoms with Crippen LogP contribution < -0.4 is 0 Å². The Kier molecular flexibility index (Phi) is 5.60. The summed E-state index contributed by atoms with van der Waals surface area (Å²) in [4.78, 5) is 12.1. The van der Waals surface area contributed by atoms with Crippen molar-refractivity contribution < 1.29 is 9.53 Å². The summed E-state index contributed by atoms with van der Waals surface area (Å²) in [6.45, 7) is 4.26. The number of nitrogens with one attached hydrogen (secondary N) is 1. The number of rotatable bonds is 6. The van der Waals surface area contributed by atoms with Crippen LogP contribution in [0.15, 0.2) is 29.4 Å². The van der Waals surface area contributed by atoms with Gasteiger partial charge in [0.2, 0.25) is 4.77 Å². The van der Waals surface area contributed by atoms with Gasteiger partial charge >= 0.3 is 5.97 Å². The molecule has 6 nitrogen and oxygen atoms in total. The molecule has 22 heavy (non-hydrogen) atoms. The molecule has 1 aromatic heterocycles. The first-order chi connectivity index (χ1) is 10.6. The van der Waals surface area contributed by atoms with Crippen LogP contribution in [0, 0.1) is 11.7 Å². The summed E-state index contributed by atoms with van der Waals surface area (Å²) in [5.41, 5.74) is 1.15. The minimum Gasteiger partial charge on any atom is -0.462 e. The smallest absolute Gasteiger partial charge is 0.338 e. The first-order valence-corrected chi connectivity index (χ1v) is 7.49. The van der Waals surface area contributed by atoms with Gasteiger partial charge in [0.05, 0.1) is 18.4 Å². The number of H-pyrrole nitrogens is 1. The number of aromatic nitrogens is 3. The van der Waals surface area contributed by atoms with Gasteiger partial charge in [-0.15, -0.1) is 0 Å². The van der Waals surface area contributed by atoms with Crippen molar-refractivity contribution in [2.24, 2.45) is 5.10 Å². The third-order valence-corrected chi connectivity index (χ3v) is 3.30. The van der Waals surface area contributed by atoms with E-state index in [0.29, 0.717) is 28.3 Å². The van der Waals surface area contributed by atoms with Crippen LogP contribution in [-0.4, -0.2) is 33.7 Å². The number of aromatic amines is 1. The molecule has 2 aromatic rings. The molecule has 0 aliphatic carbocycles. The lowest BCUT2D eigenvalue weighted by atomic mass is 10.1. The zero-order chi connectivity index (χ0) is 15.9. The Balaban J connectivity index is 2.21. The Morgan fingerprint density at radius 2 is 2.27 bits per heavy atom. The van der Waals surface area contributed by atoms with Crippen LogP contribution in [0.2, 0.25) is 0 Å². The van der Waals surface area contributed by atoms with E-state index in [9.17, 15) is 4.79 Å². The molecule has 0 saturated carbocycles. The predicted octanol–water partition coefficient (Wildman–Crippen LogP) is 3.09. The third kappa shape index (κ3) is 3.88. The first kappa shape index (κ1) is 16.1. The van der Waals surface area contributed by atoms with Crippen LogP contribution in [0.25, 0.3) is 0 Å². The van der Waals surface area contributed by atoms with E-state index in [0.717, 1.165) is 12.8 Å². The quantitative estimate of drug-likeness (QED) is 0.384. The van der Waals surface area contributed by atoms with Crippen LogP contribution in [0.5, 0.6) is 0 Å². The lowest BCUT2D eigenvalue weighted by Crippen LogP contribution is -2.09. The summed E-state index contributed by atoms with van der Waals surface area (Å²) in [6, 6.07) is 7.16. The number of carbonyl (C=O) groups is 1. The summed E-state index contributed by atoms with van der Waals surface area (Å²) < 4.78 is 7.14. The molecule has 0 aliphatic heterocycles. The second kappa shape index (κ2) is 7.65. The van der Waals surface area contributed by atoms with E-state index in [1.165, 1.54) is 4.68 Å². The van der Waals surface area contributed by atoms with E-state index in [4.69, 9.17) is 17.0 Å². The van der Waals surface area contributed by atoms with Gasteiger partial charge < -0.3 is 4.74 Å². The van der Waals surface area contributed by atoms with Crippen molar-refractivity contribution in [3.63, 3.8) is 0 Å². The van der Waals surface area contributed by atoms with Crippen molar-refractivity contribution in [3.05, 3.63) is 46.0 Å². The molecular formula is C15H18N4O2S. The molecule has 0 amide bonds. The minimum absolute atomic E-state index is 0.344. The van der Waals surface area contributed by atoms with Crippen LogP contribution in [0.3, 0.4) is 0 Å². The number of esters is 1. The van der Waals surface area contributed by atoms with Gasteiger partial charge in [-0.2, -0.15) is 14.9 Å². The first-order valence-electron chi connectivity index (χ1n) is 7.08. The number of hydrogen-bond donors (Lipinski definition) is 1. The molecule has 0 aliphatic rings. The molecule has 0 bridgehead atoms. The number of nitrogens with zero attached hydrogens (tertiary/aromatic N) is 3. The molecule has 0 spiro atoms. The zero-order valence-electron chi connectivity index (χ0n) is 12.6. The molecule has 0 unspecified atom stereocenters. The fourth-order valence-corrected chi connectivity index (χ4v) is 2.03. The lowest BCUT2D eigenvalue weighted by Gasteiger charge is -2.06. The molecule has 0 fully saturated rings. The minimum atomic E-state index is -0.344. The van der Waals surface area contributed by atoms with Gasteiger partial charge in [-0.3, -0.25) is 5.10 Å². The highest BCUT2D eigenvalue weighted by Gasteiger charge is 2.11. The Morgan fingerprint density at radius 3 is 2.95 bits per heavy atom. The largest absolute Gasteiger partial charge is 0.462 e.